The summed E-state index contributed by atoms with van der Waals surface area (Å²) in [6.07, 6.45) is 1.53. The first-order valence-electron chi connectivity index (χ1n) is 11.6. The number of halogens is 2. The topological polar surface area (TPSA) is 65.4 Å². The second-order valence-electron chi connectivity index (χ2n) is 9.08. The zero-order chi connectivity index (χ0) is 24.5. The van der Waals surface area contributed by atoms with Crippen LogP contribution < -0.4 is 5.32 Å². The SMILES string of the molecule is COCCc1ccc(-c2ccc(C(=O)N3C[C@@H]4C[C@H]3CN4)cc2-c2ccc(C#N)c(F)c2)c(F)c1. The molecule has 0 radical (unpaired) electrons. The van der Waals surface area contributed by atoms with Crippen LogP contribution in [0.1, 0.15) is 27.9 Å². The molecule has 0 aromatic heterocycles. The first-order chi connectivity index (χ1) is 17.0. The lowest BCUT2D eigenvalue weighted by Crippen LogP contribution is -2.46. The van der Waals surface area contributed by atoms with Crippen LogP contribution in [-0.4, -0.2) is 49.7 Å². The molecule has 1 amide bonds. The minimum Gasteiger partial charge on any atom is -0.384 e. The average molecular weight is 474 g/mol. The highest BCUT2D eigenvalue weighted by Gasteiger charge is 2.40. The zero-order valence-electron chi connectivity index (χ0n) is 19.4. The third kappa shape index (κ3) is 4.43. The standard InChI is InChI=1S/C28H25F2N3O2/c1-35-9-8-17-2-6-24(27(30)10-17)23-7-5-19(28(34)33-16-21-13-22(33)15-32-21)11-25(23)18-3-4-20(14-31)26(29)12-18/h2-7,10-12,21-22,32H,8-9,13,15-16H2,1H3/t21-,22-/m0/s1. The fraction of sp³-hybridized carbons (Fsp3) is 0.286. The van der Waals surface area contributed by atoms with Gasteiger partial charge >= 0.3 is 0 Å². The van der Waals surface area contributed by atoms with E-state index in [0.29, 0.717) is 53.4 Å². The molecule has 0 aliphatic carbocycles. The third-order valence-electron chi connectivity index (χ3n) is 6.90. The molecule has 35 heavy (non-hydrogen) atoms. The lowest BCUT2D eigenvalue weighted by atomic mass is 9.91. The Labute approximate surface area is 202 Å². The van der Waals surface area contributed by atoms with E-state index in [-0.39, 0.29) is 17.5 Å². The molecule has 0 spiro atoms. The number of methoxy groups -OCH3 is 1. The van der Waals surface area contributed by atoms with Gasteiger partial charge in [-0.05, 0) is 65.4 Å². The Bertz CT molecular complexity index is 1330. The Balaban J connectivity index is 1.58. The summed E-state index contributed by atoms with van der Waals surface area (Å²) in [7, 11) is 1.60. The van der Waals surface area contributed by atoms with Gasteiger partial charge in [-0.2, -0.15) is 5.26 Å². The molecule has 5 nitrogen and oxygen atoms in total. The zero-order valence-corrected chi connectivity index (χ0v) is 19.4. The summed E-state index contributed by atoms with van der Waals surface area (Å²) in [6.45, 7) is 1.92. The van der Waals surface area contributed by atoms with E-state index < -0.39 is 11.6 Å². The lowest BCUT2D eigenvalue weighted by molar-refractivity contribution is 0.0716. The summed E-state index contributed by atoms with van der Waals surface area (Å²) in [6, 6.07) is 16.7. The van der Waals surface area contributed by atoms with Crippen LogP contribution in [0, 0.1) is 23.0 Å². The van der Waals surface area contributed by atoms with Crippen molar-refractivity contribution in [3.63, 3.8) is 0 Å². The van der Waals surface area contributed by atoms with E-state index in [2.05, 4.69) is 5.32 Å². The van der Waals surface area contributed by atoms with E-state index in [0.717, 1.165) is 18.5 Å². The largest absolute Gasteiger partial charge is 0.384 e. The van der Waals surface area contributed by atoms with Crippen molar-refractivity contribution < 1.29 is 18.3 Å². The fourth-order valence-corrected chi connectivity index (χ4v) is 5.05. The highest BCUT2D eigenvalue weighted by Crippen LogP contribution is 2.36. The Morgan fingerprint density at radius 1 is 1.09 bits per heavy atom. The number of hydrogen-bond donors (Lipinski definition) is 1. The van der Waals surface area contributed by atoms with Gasteiger partial charge in [-0.15, -0.1) is 0 Å². The lowest BCUT2D eigenvalue weighted by Gasteiger charge is -2.28. The van der Waals surface area contributed by atoms with Gasteiger partial charge < -0.3 is 15.0 Å². The number of fused-ring (bicyclic) bond motifs is 2. The van der Waals surface area contributed by atoms with E-state index in [1.165, 1.54) is 18.2 Å². The molecule has 0 saturated carbocycles. The average Bonchev–Trinajstić information content (AvgIpc) is 3.51. The molecular weight excluding hydrogens is 448 g/mol. The summed E-state index contributed by atoms with van der Waals surface area (Å²) in [5, 5.41) is 12.5. The van der Waals surface area contributed by atoms with E-state index in [1.807, 2.05) is 17.0 Å². The molecule has 5 rings (SSSR count). The van der Waals surface area contributed by atoms with Crippen LogP contribution in [0.3, 0.4) is 0 Å². The molecule has 2 heterocycles. The number of likely N-dealkylation sites (tertiary alicyclic amines) is 1. The van der Waals surface area contributed by atoms with Crippen LogP contribution in [0.5, 0.6) is 0 Å². The van der Waals surface area contributed by atoms with Crippen LogP contribution >= 0.6 is 0 Å². The van der Waals surface area contributed by atoms with Gasteiger partial charge in [0, 0.05) is 43.4 Å². The molecule has 2 bridgehead atoms. The molecule has 178 valence electrons. The second kappa shape index (κ2) is 9.57. The van der Waals surface area contributed by atoms with Crippen molar-refractivity contribution in [3.05, 3.63) is 82.9 Å². The molecule has 1 N–H and O–H groups in total. The Hall–Kier alpha value is -3.60. The number of nitrogens with zero attached hydrogens (tertiary/aromatic N) is 2. The summed E-state index contributed by atoms with van der Waals surface area (Å²) in [5.74, 6) is -1.15. The Morgan fingerprint density at radius 3 is 2.57 bits per heavy atom. The van der Waals surface area contributed by atoms with E-state index in [1.54, 1.807) is 37.4 Å². The van der Waals surface area contributed by atoms with Crippen molar-refractivity contribution in [1.82, 2.24) is 10.2 Å². The predicted molar refractivity (Wildman–Crippen MR) is 129 cm³/mol. The fourth-order valence-electron chi connectivity index (χ4n) is 5.05. The van der Waals surface area contributed by atoms with E-state index in [9.17, 15) is 9.18 Å². The number of piperazine rings is 1. The van der Waals surface area contributed by atoms with Crippen molar-refractivity contribution in [2.75, 3.05) is 26.8 Å². The van der Waals surface area contributed by atoms with Gasteiger partial charge in [-0.3, -0.25) is 4.79 Å². The first kappa shape index (κ1) is 23.2. The highest BCUT2D eigenvalue weighted by atomic mass is 19.1. The number of rotatable bonds is 6. The van der Waals surface area contributed by atoms with Crippen LogP contribution in [0.25, 0.3) is 22.3 Å². The minimum absolute atomic E-state index is 0.0724. The van der Waals surface area contributed by atoms with Crippen molar-refractivity contribution in [3.8, 4) is 28.3 Å². The summed E-state index contributed by atoms with van der Waals surface area (Å²) >= 11 is 0. The molecule has 2 atom stereocenters. The molecule has 2 aliphatic heterocycles. The van der Waals surface area contributed by atoms with Crippen LogP contribution in [0.15, 0.2) is 54.6 Å². The number of hydrogen-bond acceptors (Lipinski definition) is 4. The van der Waals surface area contributed by atoms with Gasteiger partial charge in [0.15, 0.2) is 0 Å². The van der Waals surface area contributed by atoms with Crippen molar-refractivity contribution in [1.29, 1.82) is 5.26 Å². The first-order valence-corrected chi connectivity index (χ1v) is 11.6. The molecule has 0 unspecified atom stereocenters. The molecule has 7 heteroatoms. The molecule has 2 saturated heterocycles. The molecule has 3 aromatic carbocycles. The van der Waals surface area contributed by atoms with Crippen molar-refractivity contribution in [2.24, 2.45) is 0 Å². The monoisotopic (exact) mass is 473 g/mol. The number of nitrogens with one attached hydrogen (secondary N) is 1. The maximum Gasteiger partial charge on any atom is 0.254 e. The van der Waals surface area contributed by atoms with E-state index >= 15 is 4.39 Å². The molecular formula is C28H25F2N3O2. The normalized spacial score (nSPS) is 18.6. The highest BCUT2D eigenvalue weighted by molar-refractivity contribution is 5.98. The number of ether oxygens (including phenoxy) is 1. The maximum absolute atomic E-state index is 15.2. The van der Waals surface area contributed by atoms with Gasteiger partial charge in [0.1, 0.15) is 17.7 Å². The van der Waals surface area contributed by atoms with E-state index in [4.69, 9.17) is 10.00 Å². The van der Waals surface area contributed by atoms with Crippen LogP contribution in [-0.2, 0) is 11.2 Å². The minimum atomic E-state index is -0.661. The summed E-state index contributed by atoms with van der Waals surface area (Å²) in [4.78, 5) is 15.2. The summed E-state index contributed by atoms with van der Waals surface area (Å²) < 4.78 is 34.8. The molecule has 2 aliphatic rings. The Morgan fingerprint density at radius 2 is 1.91 bits per heavy atom. The summed E-state index contributed by atoms with van der Waals surface area (Å²) in [5.41, 5.74) is 3.11. The smallest absolute Gasteiger partial charge is 0.254 e. The Kier molecular flexibility index (Phi) is 6.33. The van der Waals surface area contributed by atoms with Gasteiger partial charge in [-0.25, -0.2) is 8.78 Å². The number of amides is 1. The number of nitriles is 1. The third-order valence-corrected chi connectivity index (χ3v) is 6.90. The second-order valence-corrected chi connectivity index (χ2v) is 9.08. The number of carbonyl (C=O) groups excluding carboxylic acids is 1. The number of carbonyl (C=O) groups is 1. The maximum atomic E-state index is 15.2. The van der Waals surface area contributed by atoms with Gasteiger partial charge in [0.05, 0.1) is 12.2 Å². The van der Waals surface area contributed by atoms with Gasteiger partial charge in [0.25, 0.3) is 5.91 Å². The van der Waals surface area contributed by atoms with Gasteiger partial charge in [0.2, 0.25) is 0 Å². The number of benzene rings is 3. The van der Waals surface area contributed by atoms with Gasteiger partial charge in [-0.1, -0.05) is 24.3 Å². The van der Waals surface area contributed by atoms with Crippen molar-refractivity contribution in [2.45, 2.75) is 24.9 Å². The van der Waals surface area contributed by atoms with Crippen LogP contribution in [0.4, 0.5) is 8.78 Å². The quantitative estimate of drug-likeness (QED) is 0.571. The van der Waals surface area contributed by atoms with Crippen molar-refractivity contribution >= 4 is 5.91 Å². The molecule has 2 fully saturated rings. The van der Waals surface area contributed by atoms with Crippen LogP contribution in [0.2, 0.25) is 0 Å². The molecule has 3 aromatic rings. The predicted octanol–water partition coefficient (Wildman–Crippen LogP) is 4.55.